The van der Waals surface area contributed by atoms with Crippen LogP contribution in [0.2, 0.25) is 5.02 Å². The van der Waals surface area contributed by atoms with E-state index >= 15 is 0 Å². The van der Waals surface area contributed by atoms with Crippen molar-refractivity contribution >= 4 is 46.6 Å². The van der Waals surface area contributed by atoms with E-state index in [1.54, 1.807) is 12.4 Å². The fourth-order valence-electron chi connectivity index (χ4n) is 5.22. The lowest BCUT2D eigenvalue weighted by molar-refractivity contribution is 0.231. The largest absolute Gasteiger partial charge is 0.383 e. The van der Waals surface area contributed by atoms with Gasteiger partial charge in [0, 0.05) is 36.6 Å². The smallest absolute Gasteiger partial charge is 0.213 e. The standard InChI is InChI=1S/C24H24ClN7S/c25-18-17(5-8-28-20(18)26)33-19-21(27)30-23(32-12-9-29-22(19)32)31-10-6-24(7-11-31)13-15-3-1-2-4-16(15)14-24/h1-5,8-9,12H,6-7,10-11,13-14,27H2,(H2,26,28). The van der Waals surface area contributed by atoms with Gasteiger partial charge in [0.25, 0.3) is 0 Å². The first-order valence-electron chi connectivity index (χ1n) is 11.1. The van der Waals surface area contributed by atoms with Gasteiger partial charge in [-0.3, -0.25) is 4.40 Å². The normalized spacial score (nSPS) is 17.1. The second-order valence-electron chi connectivity index (χ2n) is 8.97. The fourth-order valence-corrected chi connectivity index (χ4v) is 6.38. The van der Waals surface area contributed by atoms with E-state index in [-0.39, 0.29) is 0 Å². The average Bonchev–Trinajstić information content (AvgIpc) is 3.44. The van der Waals surface area contributed by atoms with E-state index in [1.807, 2.05) is 16.7 Å². The number of pyridine rings is 1. The molecule has 0 unspecified atom stereocenters. The molecule has 0 bridgehead atoms. The first kappa shape index (κ1) is 20.6. The Hall–Kier alpha value is -2.97. The second kappa shape index (κ2) is 7.81. The van der Waals surface area contributed by atoms with Crippen LogP contribution in [0, 0.1) is 5.41 Å². The quantitative estimate of drug-likeness (QED) is 0.449. The predicted molar refractivity (Wildman–Crippen MR) is 133 cm³/mol. The molecule has 1 fully saturated rings. The number of benzene rings is 1. The maximum absolute atomic E-state index is 6.46. The lowest BCUT2D eigenvalue weighted by atomic mass is 9.76. The molecule has 4 heterocycles. The summed E-state index contributed by atoms with van der Waals surface area (Å²) < 4.78 is 2.03. The zero-order valence-corrected chi connectivity index (χ0v) is 19.6. The minimum atomic E-state index is 0.292. The van der Waals surface area contributed by atoms with E-state index in [0.717, 1.165) is 47.3 Å². The van der Waals surface area contributed by atoms with E-state index < -0.39 is 0 Å². The molecule has 2 aliphatic rings. The number of halogens is 1. The monoisotopic (exact) mass is 477 g/mol. The SMILES string of the molecule is Nc1nccc(Sc2c(N)nc(N3CCC4(CC3)Cc3ccccc3C4)n3ccnc23)c1Cl. The molecule has 4 aromatic rings. The van der Waals surface area contributed by atoms with Crippen LogP contribution in [-0.4, -0.2) is 32.4 Å². The van der Waals surface area contributed by atoms with Crippen molar-refractivity contribution in [3.8, 4) is 0 Å². The third-order valence-electron chi connectivity index (χ3n) is 6.96. The minimum Gasteiger partial charge on any atom is -0.383 e. The van der Waals surface area contributed by atoms with Crippen molar-refractivity contribution in [1.82, 2.24) is 19.4 Å². The highest BCUT2D eigenvalue weighted by Gasteiger charge is 2.40. The Morgan fingerprint density at radius 2 is 1.67 bits per heavy atom. The fraction of sp³-hybridized carbons (Fsp3) is 0.292. The summed E-state index contributed by atoms with van der Waals surface area (Å²) in [6, 6.07) is 10.7. The number of anilines is 3. The average molecular weight is 478 g/mol. The number of nitrogens with two attached hydrogens (primary N) is 2. The van der Waals surface area contributed by atoms with Crippen molar-refractivity contribution in [2.45, 2.75) is 35.5 Å². The van der Waals surface area contributed by atoms with E-state index in [2.05, 4.69) is 39.1 Å². The van der Waals surface area contributed by atoms with Crippen LogP contribution < -0.4 is 16.4 Å². The number of hydrogen-bond donors (Lipinski definition) is 2. The Labute approximate surface area is 201 Å². The molecule has 9 heteroatoms. The molecule has 6 rings (SSSR count). The highest BCUT2D eigenvalue weighted by molar-refractivity contribution is 7.99. The molecule has 0 saturated carbocycles. The zero-order valence-electron chi connectivity index (χ0n) is 18.0. The van der Waals surface area contributed by atoms with Gasteiger partial charge in [-0.05, 0) is 48.3 Å². The summed E-state index contributed by atoms with van der Waals surface area (Å²) in [4.78, 5) is 17.3. The van der Waals surface area contributed by atoms with Gasteiger partial charge in [0.1, 0.15) is 11.6 Å². The van der Waals surface area contributed by atoms with Crippen LogP contribution in [0.4, 0.5) is 17.6 Å². The van der Waals surface area contributed by atoms with Gasteiger partial charge in [-0.15, -0.1) is 0 Å². The molecule has 0 amide bonds. The van der Waals surface area contributed by atoms with Crippen LogP contribution in [0.3, 0.4) is 0 Å². The Kier molecular flexibility index (Phi) is 4.88. The summed E-state index contributed by atoms with van der Waals surface area (Å²) in [6.07, 6.45) is 10.0. The Morgan fingerprint density at radius 3 is 2.39 bits per heavy atom. The maximum atomic E-state index is 6.46. The molecule has 3 aromatic heterocycles. The van der Waals surface area contributed by atoms with Crippen LogP contribution in [-0.2, 0) is 12.8 Å². The molecule has 1 aromatic carbocycles. The number of imidazole rings is 1. The molecule has 33 heavy (non-hydrogen) atoms. The van der Waals surface area contributed by atoms with E-state index in [4.69, 9.17) is 28.1 Å². The summed E-state index contributed by atoms with van der Waals surface area (Å²) in [5.74, 6) is 1.57. The van der Waals surface area contributed by atoms with Crippen molar-refractivity contribution in [2.24, 2.45) is 5.41 Å². The lowest BCUT2D eigenvalue weighted by Crippen LogP contribution is -2.41. The molecule has 1 aliphatic heterocycles. The summed E-state index contributed by atoms with van der Waals surface area (Å²) in [5.41, 5.74) is 16.5. The van der Waals surface area contributed by atoms with Crippen molar-refractivity contribution in [2.75, 3.05) is 29.5 Å². The topological polar surface area (TPSA) is 98.4 Å². The Balaban J connectivity index is 1.28. The van der Waals surface area contributed by atoms with Crippen molar-refractivity contribution in [1.29, 1.82) is 0 Å². The van der Waals surface area contributed by atoms with Gasteiger partial charge in [-0.25, -0.2) is 9.97 Å². The highest BCUT2D eigenvalue weighted by Crippen LogP contribution is 2.46. The van der Waals surface area contributed by atoms with Gasteiger partial charge in [0.2, 0.25) is 5.95 Å². The number of aromatic nitrogens is 4. The number of rotatable bonds is 3. The molecular formula is C24H24ClN7S. The molecule has 4 N–H and O–H groups in total. The lowest BCUT2D eigenvalue weighted by Gasteiger charge is -2.40. The zero-order chi connectivity index (χ0) is 22.6. The summed E-state index contributed by atoms with van der Waals surface area (Å²) >= 11 is 7.77. The first-order valence-corrected chi connectivity index (χ1v) is 12.2. The minimum absolute atomic E-state index is 0.292. The highest BCUT2D eigenvalue weighted by atomic mass is 35.5. The van der Waals surface area contributed by atoms with Crippen LogP contribution >= 0.6 is 23.4 Å². The van der Waals surface area contributed by atoms with E-state index in [9.17, 15) is 0 Å². The van der Waals surface area contributed by atoms with Crippen molar-refractivity contribution in [3.63, 3.8) is 0 Å². The maximum Gasteiger partial charge on any atom is 0.213 e. The third-order valence-corrected chi connectivity index (χ3v) is 8.63. The molecule has 7 nitrogen and oxygen atoms in total. The van der Waals surface area contributed by atoms with Gasteiger partial charge >= 0.3 is 0 Å². The van der Waals surface area contributed by atoms with Crippen LogP contribution in [0.1, 0.15) is 24.0 Å². The van der Waals surface area contributed by atoms with Crippen molar-refractivity contribution < 1.29 is 0 Å². The Bertz CT molecular complexity index is 1330. The van der Waals surface area contributed by atoms with Crippen LogP contribution in [0.5, 0.6) is 0 Å². The van der Waals surface area contributed by atoms with E-state index in [0.29, 0.717) is 22.1 Å². The van der Waals surface area contributed by atoms with Gasteiger partial charge in [-0.2, -0.15) is 4.98 Å². The molecule has 0 atom stereocenters. The van der Waals surface area contributed by atoms with Gasteiger partial charge in [0.05, 0.1) is 9.92 Å². The predicted octanol–water partition coefficient (Wildman–Crippen LogP) is 4.48. The molecule has 1 aliphatic carbocycles. The number of nitrogens with zero attached hydrogens (tertiary/aromatic N) is 5. The number of hydrogen-bond acceptors (Lipinski definition) is 7. The van der Waals surface area contributed by atoms with Crippen LogP contribution in [0.25, 0.3) is 5.65 Å². The van der Waals surface area contributed by atoms with Gasteiger partial charge in [-0.1, -0.05) is 47.6 Å². The first-order chi connectivity index (χ1) is 16.0. The number of nitrogen functional groups attached to an aromatic ring is 2. The van der Waals surface area contributed by atoms with Gasteiger partial charge in [0.15, 0.2) is 5.65 Å². The van der Waals surface area contributed by atoms with Crippen molar-refractivity contribution in [3.05, 3.63) is 65.1 Å². The molecule has 1 saturated heterocycles. The van der Waals surface area contributed by atoms with Crippen LogP contribution in [0.15, 0.2) is 58.7 Å². The molecule has 168 valence electrons. The summed E-state index contributed by atoms with van der Waals surface area (Å²) in [6.45, 7) is 1.90. The molecule has 1 spiro atoms. The Morgan fingerprint density at radius 1 is 0.939 bits per heavy atom. The molecule has 0 radical (unpaired) electrons. The van der Waals surface area contributed by atoms with Gasteiger partial charge < -0.3 is 16.4 Å². The third kappa shape index (κ3) is 3.48. The second-order valence-corrected chi connectivity index (χ2v) is 10.4. The number of fused-ring (bicyclic) bond motifs is 2. The van der Waals surface area contributed by atoms with E-state index in [1.165, 1.54) is 35.7 Å². The number of piperidine rings is 1. The summed E-state index contributed by atoms with van der Waals surface area (Å²) in [5, 5.41) is 0.412. The summed E-state index contributed by atoms with van der Waals surface area (Å²) in [7, 11) is 0. The molecular weight excluding hydrogens is 454 g/mol.